The number of ketones is 2. The maximum Gasteiger partial charge on any atom is 0.193 e. The summed E-state index contributed by atoms with van der Waals surface area (Å²) in [6.07, 6.45) is 4.93. The van der Waals surface area contributed by atoms with Crippen molar-refractivity contribution in [3.05, 3.63) is 83.7 Å². The Morgan fingerprint density at radius 1 is 1.09 bits per heavy atom. The Kier molecular flexibility index (Phi) is 6.43. The molecule has 0 radical (unpaired) electrons. The molecule has 1 aromatic carbocycles. The minimum atomic E-state index is -2.28. The number of Topliss-reactive ketones (excluding diaryl/α,β-unsaturated/α-hetero) is 1. The van der Waals surface area contributed by atoms with Gasteiger partial charge in [0.05, 0.1) is 18.3 Å². The van der Waals surface area contributed by atoms with Crippen LogP contribution in [0.15, 0.2) is 72.6 Å². The van der Waals surface area contributed by atoms with E-state index in [1.165, 1.54) is 18.2 Å². The highest BCUT2D eigenvalue weighted by Crippen LogP contribution is 2.77. The van der Waals surface area contributed by atoms with Gasteiger partial charge in [0, 0.05) is 35.1 Å². The highest BCUT2D eigenvalue weighted by atomic mass is 19.1. The number of aromatic nitrogens is 1. The lowest BCUT2D eigenvalue weighted by atomic mass is 9.39. The van der Waals surface area contributed by atoms with E-state index >= 15 is 8.78 Å². The topological polar surface area (TPSA) is 100.0 Å². The van der Waals surface area contributed by atoms with Gasteiger partial charge in [0.15, 0.2) is 22.8 Å². The Bertz CT molecular complexity index is 1580. The van der Waals surface area contributed by atoms with Crippen molar-refractivity contribution in [2.45, 2.75) is 70.0 Å². The van der Waals surface area contributed by atoms with Gasteiger partial charge >= 0.3 is 0 Å². The first-order chi connectivity index (χ1) is 20.8. The number of anilines is 1. The molecule has 7 nitrogen and oxygen atoms in total. The number of hydroxylamine groups is 1. The molecular formula is C35H38F2N2O5. The largest absolute Gasteiger partial charge is 0.390 e. The number of nitrogens with zero attached hydrogens (tertiary/aromatic N) is 2. The van der Waals surface area contributed by atoms with Crippen molar-refractivity contribution in [3.63, 3.8) is 0 Å². The average molecular weight is 605 g/mol. The van der Waals surface area contributed by atoms with Crippen molar-refractivity contribution in [1.82, 2.24) is 4.98 Å². The molecule has 232 valence electrons. The molecule has 0 spiro atoms. The van der Waals surface area contributed by atoms with Gasteiger partial charge in [0.25, 0.3) is 0 Å². The molecule has 2 heterocycles. The van der Waals surface area contributed by atoms with Crippen LogP contribution in [0, 0.1) is 28.1 Å². The van der Waals surface area contributed by atoms with E-state index in [9.17, 15) is 19.8 Å². The number of carbonyl (C=O) groups excluding carboxylic acids is 2. The van der Waals surface area contributed by atoms with Crippen molar-refractivity contribution in [2.24, 2.45) is 28.1 Å². The summed E-state index contributed by atoms with van der Waals surface area (Å²) < 4.78 is 33.8. The van der Waals surface area contributed by atoms with Crippen LogP contribution in [0.2, 0.25) is 0 Å². The lowest BCUT2D eigenvalue weighted by molar-refractivity contribution is -0.256. The molecule has 4 aliphatic carbocycles. The molecule has 0 unspecified atom stereocenters. The molecule has 3 saturated carbocycles. The number of hydrogen-bond donors (Lipinski definition) is 2. The summed E-state index contributed by atoms with van der Waals surface area (Å²) in [5.74, 6) is -2.33. The zero-order valence-electron chi connectivity index (χ0n) is 25.2. The molecule has 4 fully saturated rings. The van der Waals surface area contributed by atoms with E-state index in [1.54, 1.807) is 24.4 Å². The third kappa shape index (κ3) is 3.54. The van der Waals surface area contributed by atoms with E-state index in [0.717, 1.165) is 23.2 Å². The molecule has 9 heteroatoms. The molecule has 0 amide bonds. The van der Waals surface area contributed by atoms with Crippen molar-refractivity contribution >= 4 is 17.3 Å². The van der Waals surface area contributed by atoms with Gasteiger partial charge in [0.2, 0.25) is 0 Å². The fourth-order valence-corrected chi connectivity index (χ4v) is 9.99. The summed E-state index contributed by atoms with van der Waals surface area (Å²) in [6.45, 7) is 4.84. The monoisotopic (exact) mass is 604 g/mol. The van der Waals surface area contributed by atoms with Crippen LogP contribution in [0.25, 0.3) is 0 Å². The lowest BCUT2D eigenvalue weighted by Gasteiger charge is -2.67. The number of carbonyl (C=O) groups is 2. The van der Waals surface area contributed by atoms with E-state index in [0.29, 0.717) is 13.0 Å². The van der Waals surface area contributed by atoms with Crippen LogP contribution in [0.5, 0.6) is 0 Å². The fraction of sp³-hybridized carbons (Fsp3) is 0.514. The number of alkyl halides is 2. The van der Waals surface area contributed by atoms with Crippen LogP contribution in [0.3, 0.4) is 0 Å². The molecule has 1 saturated heterocycles. The molecule has 7 rings (SSSR count). The molecule has 2 N–H and O–H groups in total. The zero-order valence-corrected chi connectivity index (χ0v) is 25.2. The lowest BCUT2D eigenvalue weighted by Crippen LogP contribution is -2.73. The predicted molar refractivity (Wildman–Crippen MR) is 159 cm³/mol. The number of hydrogen-bond acceptors (Lipinski definition) is 7. The molecular weight excluding hydrogens is 566 g/mol. The van der Waals surface area contributed by atoms with E-state index < -0.39 is 69.8 Å². The van der Waals surface area contributed by atoms with E-state index in [4.69, 9.17) is 4.84 Å². The third-order valence-corrected chi connectivity index (χ3v) is 12.3. The maximum absolute atomic E-state index is 17.8. The first-order valence-electron chi connectivity index (χ1n) is 15.4. The van der Waals surface area contributed by atoms with Crippen LogP contribution in [-0.2, 0) is 20.8 Å². The molecule has 1 aromatic heterocycles. The van der Waals surface area contributed by atoms with Gasteiger partial charge in [-0.3, -0.25) is 24.5 Å². The van der Waals surface area contributed by atoms with Crippen LogP contribution in [0.4, 0.5) is 14.5 Å². The highest BCUT2D eigenvalue weighted by Gasteiger charge is 2.83. The summed E-state index contributed by atoms with van der Waals surface area (Å²) in [4.78, 5) is 36.8. The quantitative estimate of drug-likeness (QED) is 0.512. The first-order valence-corrected chi connectivity index (χ1v) is 15.4. The van der Waals surface area contributed by atoms with Crippen LogP contribution >= 0.6 is 0 Å². The Morgan fingerprint density at radius 2 is 1.77 bits per heavy atom. The second kappa shape index (κ2) is 9.61. The van der Waals surface area contributed by atoms with Gasteiger partial charge in [-0.05, 0) is 91.1 Å². The van der Waals surface area contributed by atoms with Crippen LogP contribution in [0.1, 0.15) is 51.2 Å². The SMILES string of the molecule is C[C@]12C[C@H](O)[C@@]3(F)[C@@H](C[C@H](F)C4=CC(=O)C=C[C@@]43C)[C@]1(C)C[C@H]1CN(c3ccc(Cc4ccncc4)cc3)O[C@]12C(=O)CO. The predicted octanol–water partition coefficient (Wildman–Crippen LogP) is 4.66. The van der Waals surface area contributed by atoms with Gasteiger partial charge in [-0.2, -0.15) is 0 Å². The van der Waals surface area contributed by atoms with E-state index in [1.807, 2.05) is 50.2 Å². The first kappa shape index (κ1) is 29.4. The van der Waals surface area contributed by atoms with Crippen molar-refractivity contribution in [2.75, 3.05) is 18.2 Å². The summed E-state index contributed by atoms with van der Waals surface area (Å²) in [6, 6.07) is 11.8. The maximum atomic E-state index is 17.8. The Hall–Kier alpha value is -3.27. The molecule has 1 aliphatic heterocycles. The van der Waals surface area contributed by atoms with Gasteiger partial charge in [-0.1, -0.05) is 32.1 Å². The third-order valence-electron chi connectivity index (χ3n) is 12.3. The standard InChI is InChI=1S/C35H38F2N2O5/c1-31-11-8-25(41)15-26(31)27(36)16-28-32(2)17-23-19-39(24-6-4-21(5-7-24)14-22-9-12-38-13-10-22)44-35(23,30(43)20-40)33(32,3)18-29(42)34(28,31)37/h4-13,15,23,27-29,40,42H,14,16-20H2,1-3H3/t23-,27-,28-,29-,31-,32-,33-,34-,35-/m0/s1. The molecule has 5 aliphatic rings. The second-order valence-electron chi connectivity index (χ2n) is 14.1. The van der Waals surface area contributed by atoms with Gasteiger partial charge < -0.3 is 10.2 Å². The number of aliphatic hydroxyl groups is 2. The van der Waals surface area contributed by atoms with E-state index in [-0.39, 0.29) is 18.4 Å². The zero-order chi connectivity index (χ0) is 31.3. The van der Waals surface area contributed by atoms with E-state index in [2.05, 4.69) is 4.98 Å². The smallest absolute Gasteiger partial charge is 0.193 e. The molecule has 0 bridgehead atoms. The summed E-state index contributed by atoms with van der Waals surface area (Å²) >= 11 is 0. The number of benzene rings is 1. The van der Waals surface area contributed by atoms with Gasteiger partial charge in [0.1, 0.15) is 12.8 Å². The summed E-state index contributed by atoms with van der Waals surface area (Å²) in [7, 11) is 0. The number of halogens is 2. The number of aliphatic hydroxyl groups excluding tert-OH is 2. The Morgan fingerprint density at radius 3 is 2.45 bits per heavy atom. The van der Waals surface area contributed by atoms with Gasteiger partial charge in [-0.25, -0.2) is 8.78 Å². The second-order valence-corrected chi connectivity index (χ2v) is 14.1. The molecule has 2 aromatic rings. The van der Waals surface area contributed by atoms with Crippen molar-refractivity contribution < 1.29 is 33.4 Å². The van der Waals surface area contributed by atoms with Crippen molar-refractivity contribution in [1.29, 1.82) is 0 Å². The van der Waals surface area contributed by atoms with Crippen LogP contribution < -0.4 is 5.06 Å². The summed E-state index contributed by atoms with van der Waals surface area (Å²) in [5, 5.41) is 23.7. The number of pyridine rings is 1. The minimum absolute atomic E-state index is 0.0594. The van der Waals surface area contributed by atoms with Gasteiger partial charge in [-0.15, -0.1) is 0 Å². The Balaban J connectivity index is 1.25. The number of fused-ring (bicyclic) bond motifs is 7. The van der Waals surface area contributed by atoms with Crippen molar-refractivity contribution in [3.8, 4) is 0 Å². The Labute approximate surface area is 255 Å². The number of allylic oxidation sites excluding steroid dienone is 4. The minimum Gasteiger partial charge on any atom is -0.390 e. The average Bonchev–Trinajstić information content (AvgIpc) is 3.47. The fourth-order valence-electron chi connectivity index (χ4n) is 9.99. The molecule has 9 atom stereocenters. The highest BCUT2D eigenvalue weighted by molar-refractivity contribution is 6.01. The van der Waals surface area contributed by atoms with Crippen LogP contribution in [-0.4, -0.2) is 63.5 Å². The summed E-state index contributed by atoms with van der Waals surface area (Å²) in [5.41, 5.74) is -4.43. The molecule has 44 heavy (non-hydrogen) atoms. The normalized spacial score (nSPS) is 42.3. The number of rotatable bonds is 5.